The fraction of sp³-hybridized carbons (Fsp3) is 0.500. The highest BCUT2D eigenvalue weighted by Gasteiger charge is 2.64. The summed E-state index contributed by atoms with van der Waals surface area (Å²) in [5, 5.41) is 40.6. The van der Waals surface area contributed by atoms with Crippen molar-refractivity contribution < 1.29 is 19.7 Å². The second-order valence-corrected chi connectivity index (χ2v) is 4.61. The maximum atomic E-state index is 10.7. The van der Waals surface area contributed by atoms with Crippen LogP contribution in [0.4, 0.5) is 0 Å². The Morgan fingerprint density at radius 1 is 0.667 bits per heavy atom. The van der Waals surface area contributed by atoms with Crippen molar-refractivity contribution in [2.45, 2.75) is 10.2 Å². The molecular formula is C4Cl4N8O8. The minimum atomic E-state index is -3.75. The zero-order valence-corrected chi connectivity index (χ0v) is 13.4. The Morgan fingerprint density at radius 3 is 1.00 bits per heavy atom. The van der Waals surface area contributed by atoms with Crippen molar-refractivity contribution in [3.05, 3.63) is 40.5 Å². The Labute approximate surface area is 148 Å². The molecule has 0 atom stereocenters. The third kappa shape index (κ3) is 3.78. The molecule has 0 aliphatic carbocycles. The standard InChI is InChI=1S/C4Cl4N8O8/c5-3(13(17)18,14(19)20)1(9-7)11-12-2(10-8)4(6,15(21)22)16(23)24/b9-1-,10-2-,12-11-. The van der Waals surface area contributed by atoms with Gasteiger partial charge in [-0.25, -0.2) is 0 Å². The first-order chi connectivity index (χ1) is 10.9. The van der Waals surface area contributed by atoms with Crippen LogP contribution in [0.2, 0.25) is 0 Å². The molecule has 24 heavy (non-hydrogen) atoms. The molecule has 0 bridgehead atoms. The smallest absolute Gasteiger partial charge is 0.257 e. The van der Waals surface area contributed by atoms with Crippen molar-refractivity contribution in [1.29, 1.82) is 0 Å². The SMILES string of the molecule is O=[N+]([O-])C(Cl)(C(/N=N\C(=N/Cl)C(Cl)([N+](=O)[O-])[N+](=O)[O-])=N/Cl)[N+](=O)[O-]. The zero-order chi connectivity index (χ0) is 19.3. The van der Waals surface area contributed by atoms with Gasteiger partial charge in [0.25, 0.3) is 0 Å². The minimum absolute atomic E-state index is 1.62. The summed E-state index contributed by atoms with van der Waals surface area (Å²) in [6, 6.07) is 0. The summed E-state index contributed by atoms with van der Waals surface area (Å²) in [6.45, 7) is 0. The van der Waals surface area contributed by atoms with Crippen LogP contribution in [0.1, 0.15) is 0 Å². The highest BCUT2D eigenvalue weighted by Crippen LogP contribution is 2.24. The van der Waals surface area contributed by atoms with Gasteiger partial charge in [-0.15, -0.1) is 19.3 Å². The van der Waals surface area contributed by atoms with Crippen LogP contribution in [0.25, 0.3) is 0 Å². The van der Waals surface area contributed by atoms with E-state index in [9.17, 15) is 40.5 Å². The van der Waals surface area contributed by atoms with Gasteiger partial charge in [0.15, 0.2) is 0 Å². The largest absolute Gasteiger partial charge is 0.600 e. The Hall–Kier alpha value is -2.30. The number of halogens is 4. The molecule has 0 aromatic carbocycles. The van der Waals surface area contributed by atoms with E-state index in [0.717, 1.165) is 0 Å². The number of hydrogen-bond donors (Lipinski definition) is 0. The number of nitrogens with zero attached hydrogens (tertiary/aromatic N) is 8. The molecule has 0 aromatic rings. The third-order valence-electron chi connectivity index (χ3n) is 1.94. The lowest BCUT2D eigenvalue weighted by Crippen LogP contribution is -2.48. The van der Waals surface area contributed by atoms with Crippen molar-refractivity contribution in [3.8, 4) is 0 Å². The highest BCUT2D eigenvalue weighted by atomic mass is 35.5. The van der Waals surface area contributed by atoms with E-state index in [1.165, 1.54) is 0 Å². The third-order valence-corrected chi connectivity index (χ3v) is 3.15. The maximum absolute atomic E-state index is 10.7. The van der Waals surface area contributed by atoms with Crippen LogP contribution >= 0.6 is 46.8 Å². The second-order valence-electron chi connectivity index (χ2n) is 3.22. The Morgan fingerprint density at radius 2 is 0.875 bits per heavy atom. The van der Waals surface area contributed by atoms with E-state index in [1.807, 2.05) is 0 Å². The predicted molar refractivity (Wildman–Crippen MR) is 76.6 cm³/mol. The molecule has 0 fully saturated rings. The molecule has 0 saturated heterocycles. The molecule has 0 N–H and O–H groups in total. The van der Waals surface area contributed by atoms with E-state index < -0.39 is 41.6 Å². The molecule has 0 aromatic heterocycles. The first-order valence-corrected chi connectivity index (χ1v) is 6.10. The second kappa shape index (κ2) is 7.99. The van der Waals surface area contributed by atoms with E-state index in [1.54, 1.807) is 0 Å². The van der Waals surface area contributed by atoms with Gasteiger partial charge in [0.05, 0.1) is 23.2 Å². The molecule has 132 valence electrons. The number of hydrogen-bond acceptors (Lipinski definition) is 10. The van der Waals surface area contributed by atoms with Crippen LogP contribution in [0, 0.1) is 40.5 Å². The van der Waals surface area contributed by atoms with Gasteiger partial charge in [-0.1, -0.05) is 0 Å². The van der Waals surface area contributed by atoms with Crippen molar-refractivity contribution in [3.63, 3.8) is 0 Å². The highest BCUT2D eigenvalue weighted by molar-refractivity contribution is 6.37. The van der Waals surface area contributed by atoms with Crippen LogP contribution in [0.15, 0.2) is 19.3 Å². The zero-order valence-electron chi connectivity index (χ0n) is 10.4. The van der Waals surface area contributed by atoms with E-state index in [0.29, 0.717) is 0 Å². The molecule has 20 heteroatoms. The quantitative estimate of drug-likeness (QED) is 0.0874. The van der Waals surface area contributed by atoms with Gasteiger partial charge < -0.3 is 0 Å². The van der Waals surface area contributed by atoms with Gasteiger partial charge in [0.1, 0.15) is 19.7 Å². The molecule has 0 unspecified atom stereocenters. The van der Waals surface area contributed by atoms with Crippen LogP contribution in [-0.4, -0.2) is 41.6 Å². The molecule has 0 aliphatic heterocycles. The average Bonchev–Trinajstić information content (AvgIpc) is 2.49. The van der Waals surface area contributed by atoms with E-state index in [4.69, 9.17) is 46.8 Å². The molecule has 0 aliphatic rings. The summed E-state index contributed by atoms with van der Waals surface area (Å²) >= 11 is 19.9. The van der Waals surface area contributed by atoms with Crippen molar-refractivity contribution in [2.75, 3.05) is 0 Å². The van der Waals surface area contributed by atoms with Crippen LogP contribution < -0.4 is 0 Å². The van der Waals surface area contributed by atoms with Crippen LogP contribution in [0.3, 0.4) is 0 Å². The molecule has 0 rings (SSSR count). The van der Waals surface area contributed by atoms with Crippen molar-refractivity contribution in [2.24, 2.45) is 19.3 Å². The first-order valence-electron chi connectivity index (χ1n) is 4.67. The fourth-order valence-corrected chi connectivity index (χ4v) is 1.37. The summed E-state index contributed by atoms with van der Waals surface area (Å²) in [5.41, 5.74) is 0. The minimum Gasteiger partial charge on any atom is -0.257 e. The lowest BCUT2D eigenvalue weighted by atomic mass is 10.4. The number of azo groups is 1. The predicted octanol–water partition coefficient (Wildman–Crippen LogP) is 1.44. The van der Waals surface area contributed by atoms with Gasteiger partial charge >= 0.3 is 21.9 Å². The lowest BCUT2D eigenvalue weighted by Gasteiger charge is -2.08. The van der Waals surface area contributed by atoms with E-state index in [2.05, 4.69) is 19.3 Å². The summed E-state index contributed by atoms with van der Waals surface area (Å²) in [4.78, 5) is 36.0. The number of amidine groups is 2. The van der Waals surface area contributed by atoms with Crippen LogP contribution in [0.5, 0.6) is 0 Å². The van der Waals surface area contributed by atoms with Gasteiger partial charge in [0.2, 0.25) is 0 Å². The van der Waals surface area contributed by atoms with Crippen molar-refractivity contribution in [1.82, 2.24) is 0 Å². The monoisotopic (exact) mass is 428 g/mol. The maximum Gasteiger partial charge on any atom is 0.600 e. The summed E-state index contributed by atoms with van der Waals surface area (Å²) < 4.78 is 5.03. The van der Waals surface area contributed by atoms with Crippen molar-refractivity contribution >= 4 is 58.4 Å². The first kappa shape index (κ1) is 21.7. The van der Waals surface area contributed by atoms with Gasteiger partial charge in [0, 0.05) is 23.6 Å². The number of nitro groups is 4. The molecule has 0 amide bonds. The summed E-state index contributed by atoms with van der Waals surface area (Å²) in [5.74, 6) is -3.24. The number of rotatable bonds is 6. The topological polar surface area (TPSA) is 222 Å². The molecule has 0 spiro atoms. The molecule has 0 radical (unpaired) electrons. The lowest BCUT2D eigenvalue weighted by molar-refractivity contribution is -0.743. The van der Waals surface area contributed by atoms with E-state index in [-0.39, 0.29) is 0 Å². The normalized spacial score (nSPS) is 13.8. The Bertz CT molecular complexity index is 591. The Kier molecular flexibility index (Phi) is 7.23. The van der Waals surface area contributed by atoms with Gasteiger partial charge in [-0.05, 0) is 0 Å². The molecule has 0 heterocycles. The molecule has 0 saturated carbocycles. The van der Waals surface area contributed by atoms with E-state index >= 15 is 0 Å². The van der Waals surface area contributed by atoms with Gasteiger partial charge in [-0.3, -0.25) is 40.5 Å². The Balaban J connectivity index is 6.11. The molecular weight excluding hydrogens is 430 g/mol. The van der Waals surface area contributed by atoms with Gasteiger partial charge in [-0.2, -0.15) is 0 Å². The summed E-state index contributed by atoms with van der Waals surface area (Å²) in [6.07, 6.45) is 0. The molecule has 16 nitrogen and oxygen atoms in total. The summed E-state index contributed by atoms with van der Waals surface area (Å²) in [7, 11) is 0. The average molecular weight is 430 g/mol. The van der Waals surface area contributed by atoms with Crippen LogP contribution in [-0.2, 0) is 0 Å². The number of alkyl halides is 2. The fourth-order valence-electron chi connectivity index (χ4n) is 0.823.